The Morgan fingerprint density at radius 1 is 1.31 bits per heavy atom. The lowest BCUT2D eigenvalue weighted by molar-refractivity contribution is -0.121. The Morgan fingerprint density at radius 3 is 2.76 bits per heavy atom. The molecule has 0 aliphatic carbocycles. The maximum Gasteiger partial charge on any atom is 0.416 e. The molecule has 0 spiro atoms. The molecule has 148 valence electrons. The van der Waals surface area contributed by atoms with Crippen LogP contribution in [-0.4, -0.2) is 50.0 Å². The predicted octanol–water partition coefficient (Wildman–Crippen LogP) is 1.50. The lowest BCUT2D eigenvalue weighted by Crippen LogP contribution is -2.36. The fraction of sp³-hybridized carbons (Fsp3) is 0.222. The van der Waals surface area contributed by atoms with Crippen LogP contribution in [0, 0.1) is 5.82 Å². The molecule has 1 aliphatic rings. The van der Waals surface area contributed by atoms with Crippen LogP contribution in [0.3, 0.4) is 0 Å². The number of anilines is 1. The number of pyridine rings is 1. The standard InChI is InChI=1S/C18H16FN7O3/c1-10(27)21-16-9-26(18(28)29-16)12-4-5-13(14(19)7-12)11-3-6-15(20-8-11)17-22-23-24-25(17)2/h3-8,16H,9H2,1-2H3,(H,21,27)/t16-/m0/s1. The number of nitrogens with one attached hydrogen (secondary N) is 1. The molecule has 0 unspecified atom stereocenters. The summed E-state index contributed by atoms with van der Waals surface area (Å²) < 4.78 is 21.3. The molecule has 0 bridgehead atoms. The minimum Gasteiger partial charge on any atom is -0.423 e. The number of nitrogens with zero attached hydrogens (tertiary/aromatic N) is 6. The van der Waals surface area contributed by atoms with E-state index in [0.29, 0.717) is 28.3 Å². The molecule has 1 atom stereocenters. The number of hydrogen-bond acceptors (Lipinski definition) is 7. The number of tetrazole rings is 1. The first-order valence-corrected chi connectivity index (χ1v) is 8.66. The summed E-state index contributed by atoms with van der Waals surface area (Å²) in [6, 6.07) is 7.82. The second-order valence-electron chi connectivity index (χ2n) is 6.41. The maximum atomic E-state index is 14.7. The average molecular weight is 397 g/mol. The number of aryl methyl sites for hydroxylation is 1. The van der Waals surface area contributed by atoms with Crippen LogP contribution in [0.4, 0.5) is 14.9 Å². The topological polar surface area (TPSA) is 115 Å². The fourth-order valence-electron chi connectivity index (χ4n) is 3.01. The monoisotopic (exact) mass is 397 g/mol. The molecule has 0 radical (unpaired) electrons. The third kappa shape index (κ3) is 3.61. The van der Waals surface area contributed by atoms with Gasteiger partial charge >= 0.3 is 6.09 Å². The van der Waals surface area contributed by atoms with Crippen molar-refractivity contribution >= 4 is 17.7 Å². The highest BCUT2D eigenvalue weighted by Crippen LogP contribution is 2.29. The van der Waals surface area contributed by atoms with Gasteiger partial charge in [-0.15, -0.1) is 5.10 Å². The smallest absolute Gasteiger partial charge is 0.416 e. The molecule has 1 aromatic carbocycles. The average Bonchev–Trinajstić information content (AvgIpc) is 3.26. The van der Waals surface area contributed by atoms with Crippen LogP contribution in [0.15, 0.2) is 36.5 Å². The van der Waals surface area contributed by atoms with Gasteiger partial charge in [-0.1, -0.05) is 6.07 Å². The fourth-order valence-corrected chi connectivity index (χ4v) is 3.01. The van der Waals surface area contributed by atoms with Crippen molar-refractivity contribution in [1.29, 1.82) is 0 Å². The molecule has 1 saturated heterocycles. The van der Waals surface area contributed by atoms with Gasteiger partial charge in [0.25, 0.3) is 0 Å². The van der Waals surface area contributed by atoms with Crippen LogP contribution < -0.4 is 10.2 Å². The van der Waals surface area contributed by atoms with Crippen molar-refractivity contribution < 1.29 is 18.7 Å². The van der Waals surface area contributed by atoms with E-state index in [4.69, 9.17) is 4.74 Å². The molecule has 10 nitrogen and oxygen atoms in total. The van der Waals surface area contributed by atoms with Gasteiger partial charge in [0.2, 0.25) is 5.91 Å². The quantitative estimate of drug-likeness (QED) is 0.709. The van der Waals surface area contributed by atoms with Crippen molar-refractivity contribution in [2.75, 3.05) is 11.4 Å². The largest absolute Gasteiger partial charge is 0.423 e. The molecule has 3 aromatic rings. The van der Waals surface area contributed by atoms with Crippen molar-refractivity contribution in [3.8, 4) is 22.6 Å². The number of halogens is 1. The molecular weight excluding hydrogens is 381 g/mol. The minimum absolute atomic E-state index is 0.0964. The molecular formula is C18H16FN7O3. The number of rotatable bonds is 4. The molecule has 4 rings (SSSR count). The van der Waals surface area contributed by atoms with E-state index >= 15 is 0 Å². The van der Waals surface area contributed by atoms with Gasteiger partial charge in [0, 0.05) is 31.3 Å². The highest BCUT2D eigenvalue weighted by Gasteiger charge is 2.33. The zero-order valence-electron chi connectivity index (χ0n) is 15.5. The first-order chi connectivity index (χ1) is 13.9. The summed E-state index contributed by atoms with van der Waals surface area (Å²) in [5.74, 6) is -0.346. The number of hydrogen-bond donors (Lipinski definition) is 1. The number of cyclic esters (lactones) is 1. The third-order valence-corrected chi connectivity index (χ3v) is 4.36. The van der Waals surface area contributed by atoms with Crippen LogP contribution in [0.1, 0.15) is 6.92 Å². The molecule has 2 amide bonds. The van der Waals surface area contributed by atoms with E-state index < -0.39 is 18.1 Å². The molecule has 0 saturated carbocycles. The summed E-state index contributed by atoms with van der Waals surface area (Å²) in [6.45, 7) is 1.42. The summed E-state index contributed by atoms with van der Waals surface area (Å²) in [4.78, 5) is 28.7. The van der Waals surface area contributed by atoms with E-state index in [1.807, 2.05) is 0 Å². The molecule has 1 fully saturated rings. The molecule has 11 heteroatoms. The van der Waals surface area contributed by atoms with E-state index in [0.717, 1.165) is 0 Å². The van der Waals surface area contributed by atoms with Gasteiger partial charge in [-0.3, -0.25) is 14.7 Å². The summed E-state index contributed by atoms with van der Waals surface area (Å²) in [6.07, 6.45) is 0.104. The Morgan fingerprint density at radius 2 is 2.14 bits per heavy atom. The van der Waals surface area contributed by atoms with Crippen molar-refractivity contribution in [3.05, 3.63) is 42.3 Å². The van der Waals surface area contributed by atoms with Crippen LogP contribution in [-0.2, 0) is 16.6 Å². The van der Waals surface area contributed by atoms with E-state index in [9.17, 15) is 14.0 Å². The number of ether oxygens (including phenoxy) is 1. The lowest BCUT2D eigenvalue weighted by Gasteiger charge is -2.14. The Labute approximate surface area is 164 Å². The Bertz CT molecular complexity index is 1080. The van der Waals surface area contributed by atoms with Crippen LogP contribution in [0.25, 0.3) is 22.6 Å². The van der Waals surface area contributed by atoms with Crippen molar-refractivity contribution in [2.45, 2.75) is 13.2 Å². The maximum absolute atomic E-state index is 14.7. The van der Waals surface area contributed by atoms with Gasteiger partial charge in [0.1, 0.15) is 11.5 Å². The number of carbonyl (C=O) groups excluding carboxylic acids is 2. The predicted molar refractivity (Wildman–Crippen MR) is 98.9 cm³/mol. The second kappa shape index (κ2) is 7.26. The zero-order valence-corrected chi connectivity index (χ0v) is 15.5. The number of benzene rings is 1. The summed E-state index contributed by atoms with van der Waals surface area (Å²) in [7, 11) is 1.70. The van der Waals surface area contributed by atoms with Crippen molar-refractivity contribution in [2.24, 2.45) is 7.05 Å². The van der Waals surface area contributed by atoms with Gasteiger partial charge in [-0.25, -0.2) is 13.9 Å². The molecule has 1 N–H and O–H groups in total. The Hall–Kier alpha value is -3.89. The number of carbonyl (C=O) groups is 2. The zero-order chi connectivity index (χ0) is 20.5. The van der Waals surface area contributed by atoms with Crippen LogP contribution >= 0.6 is 0 Å². The van der Waals surface area contributed by atoms with Gasteiger partial charge < -0.3 is 10.1 Å². The Balaban J connectivity index is 1.56. The minimum atomic E-state index is -0.769. The SMILES string of the molecule is CC(=O)N[C@@H]1CN(c2ccc(-c3ccc(-c4nnnn4C)nc3)c(F)c2)C(=O)O1. The summed E-state index contributed by atoms with van der Waals surface area (Å²) in [5.41, 5.74) is 1.78. The van der Waals surface area contributed by atoms with E-state index in [1.165, 1.54) is 28.8 Å². The van der Waals surface area contributed by atoms with Crippen LogP contribution in [0.2, 0.25) is 0 Å². The highest BCUT2D eigenvalue weighted by molar-refractivity contribution is 5.90. The normalized spacial score (nSPS) is 16.0. The highest BCUT2D eigenvalue weighted by atomic mass is 19.1. The van der Waals surface area contributed by atoms with E-state index in [1.54, 1.807) is 31.3 Å². The first kappa shape index (κ1) is 18.5. The summed E-state index contributed by atoms with van der Waals surface area (Å²) in [5, 5.41) is 13.7. The third-order valence-electron chi connectivity index (χ3n) is 4.36. The van der Waals surface area contributed by atoms with Crippen molar-refractivity contribution in [3.63, 3.8) is 0 Å². The first-order valence-electron chi connectivity index (χ1n) is 8.66. The van der Waals surface area contributed by atoms with Crippen molar-refractivity contribution in [1.82, 2.24) is 30.5 Å². The molecule has 3 heterocycles. The molecule has 29 heavy (non-hydrogen) atoms. The van der Waals surface area contributed by atoms with Gasteiger partial charge in [-0.05, 0) is 34.7 Å². The lowest BCUT2D eigenvalue weighted by atomic mass is 10.1. The second-order valence-corrected chi connectivity index (χ2v) is 6.41. The van der Waals surface area contributed by atoms with Gasteiger partial charge in [0.05, 0.1) is 12.2 Å². The van der Waals surface area contributed by atoms with E-state index in [2.05, 4.69) is 25.8 Å². The number of aromatic nitrogens is 5. The summed E-state index contributed by atoms with van der Waals surface area (Å²) >= 11 is 0. The van der Waals surface area contributed by atoms with Gasteiger partial charge in [-0.2, -0.15) is 0 Å². The molecule has 1 aliphatic heterocycles. The van der Waals surface area contributed by atoms with Gasteiger partial charge in [0.15, 0.2) is 12.1 Å². The van der Waals surface area contributed by atoms with E-state index in [-0.39, 0.29) is 12.5 Å². The number of amides is 2. The Kier molecular flexibility index (Phi) is 4.63. The van der Waals surface area contributed by atoms with Crippen LogP contribution in [0.5, 0.6) is 0 Å². The molecule has 2 aromatic heterocycles.